The lowest BCUT2D eigenvalue weighted by Crippen LogP contribution is -2.40. The van der Waals surface area contributed by atoms with Crippen molar-refractivity contribution in [1.82, 2.24) is 0 Å². The average molecular weight is 279 g/mol. The number of para-hydroxylation sites is 1. The standard InChI is InChI=1S/C19H21NO/c1-14-8-10-17(11-9-14)19(21)20(15(2)16-12-13-16)18-6-4-3-5-7-18/h3-11,15-16H,12-13H2,1-2H3. The Morgan fingerprint density at radius 2 is 1.67 bits per heavy atom. The fraction of sp³-hybridized carbons (Fsp3) is 0.316. The van der Waals surface area contributed by atoms with Crippen LogP contribution in [0.25, 0.3) is 0 Å². The van der Waals surface area contributed by atoms with E-state index in [4.69, 9.17) is 0 Å². The molecule has 21 heavy (non-hydrogen) atoms. The Morgan fingerprint density at radius 1 is 1.05 bits per heavy atom. The maximum atomic E-state index is 13.0. The van der Waals surface area contributed by atoms with Gasteiger partial charge >= 0.3 is 0 Å². The molecule has 0 heterocycles. The highest BCUT2D eigenvalue weighted by Crippen LogP contribution is 2.37. The van der Waals surface area contributed by atoms with Gasteiger partial charge in [-0.25, -0.2) is 0 Å². The van der Waals surface area contributed by atoms with E-state index < -0.39 is 0 Å². The van der Waals surface area contributed by atoms with Crippen LogP contribution in [0.5, 0.6) is 0 Å². The molecule has 1 unspecified atom stereocenters. The van der Waals surface area contributed by atoms with Gasteiger partial charge in [-0.15, -0.1) is 0 Å². The number of anilines is 1. The molecule has 2 aromatic carbocycles. The van der Waals surface area contributed by atoms with Crippen molar-refractivity contribution in [3.8, 4) is 0 Å². The first-order valence-corrected chi connectivity index (χ1v) is 7.62. The van der Waals surface area contributed by atoms with Crippen LogP contribution in [0.3, 0.4) is 0 Å². The summed E-state index contributed by atoms with van der Waals surface area (Å²) >= 11 is 0. The first-order chi connectivity index (χ1) is 10.2. The summed E-state index contributed by atoms with van der Waals surface area (Å²) in [6.07, 6.45) is 2.46. The molecular weight excluding hydrogens is 258 g/mol. The van der Waals surface area contributed by atoms with E-state index in [2.05, 4.69) is 6.92 Å². The zero-order chi connectivity index (χ0) is 14.8. The molecule has 2 heteroatoms. The molecule has 1 fully saturated rings. The monoisotopic (exact) mass is 279 g/mol. The van der Waals surface area contributed by atoms with E-state index in [9.17, 15) is 4.79 Å². The minimum Gasteiger partial charge on any atom is -0.305 e. The van der Waals surface area contributed by atoms with Crippen molar-refractivity contribution in [2.24, 2.45) is 5.92 Å². The third kappa shape index (κ3) is 2.99. The van der Waals surface area contributed by atoms with Crippen molar-refractivity contribution in [2.45, 2.75) is 32.7 Å². The second kappa shape index (κ2) is 5.72. The first-order valence-electron chi connectivity index (χ1n) is 7.62. The molecule has 1 aliphatic rings. The Bertz CT molecular complexity index is 614. The summed E-state index contributed by atoms with van der Waals surface area (Å²) in [5.74, 6) is 0.736. The maximum Gasteiger partial charge on any atom is 0.258 e. The number of hydrogen-bond acceptors (Lipinski definition) is 1. The molecule has 2 aromatic rings. The number of benzene rings is 2. The van der Waals surface area contributed by atoms with Gasteiger partial charge in [0.2, 0.25) is 0 Å². The van der Waals surface area contributed by atoms with E-state index in [0.29, 0.717) is 5.92 Å². The lowest BCUT2D eigenvalue weighted by atomic mass is 10.1. The van der Waals surface area contributed by atoms with Gasteiger partial charge in [0, 0.05) is 17.3 Å². The summed E-state index contributed by atoms with van der Waals surface area (Å²) in [5.41, 5.74) is 2.92. The zero-order valence-corrected chi connectivity index (χ0v) is 12.6. The lowest BCUT2D eigenvalue weighted by molar-refractivity contribution is 0.0975. The Morgan fingerprint density at radius 3 is 2.24 bits per heavy atom. The summed E-state index contributed by atoms with van der Waals surface area (Å²) in [4.78, 5) is 14.9. The molecule has 108 valence electrons. The van der Waals surface area contributed by atoms with Gasteiger partial charge < -0.3 is 4.90 Å². The molecule has 0 spiro atoms. The fourth-order valence-electron chi connectivity index (χ4n) is 2.75. The molecule has 1 saturated carbocycles. The minimum absolute atomic E-state index is 0.0978. The van der Waals surface area contributed by atoms with Gasteiger partial charge in [0.05, 0.1) is 0 Å². The molecule has 0 N–H and O–H groups in total. The largest absolute Gasteiger partial charge is 0.305 e. The Labute approximate surface area is 126 Å². The van der Waals surface area contributed by atoms with Crippen LogP contribution in [-0.4, -0.2) is 11.9 Å². The van der Waals surface area contributed by atoms with Crippen molar-refractivity contribution in [1.29, 1.82) is 0 Å². The van der Waals surface area contributed by atoms with Gasteiger partial charge in [0.1, 0.15) is 0 Å². The number of aryl methyl sites for hydroxylation is 1. The predicted molar refractivity (Wildman–Crippen MR) is 86.6 cm³/mol. The van der Waals surface area contributed by atoms with E-state index in [0.717, 1.165) is 11.3 Å². The minimum atomic E-state index is 0.0978. The van der Waals surface area contributed by atoms with E-state index in [1.807, 2.05) is 66.4 Å². The van der Waals surface area contributed by atoms with Gasteiger partial charge in [0.25, 0.3) is 5.91 Å². The SMILES string of the molecule is Cc1ccc(C(=O)N(c2ccccc2)C(C)C2CC2)cc1. The van der Waals surface area contributed by atoms with Crippen molar-refractivity contribution in [2.75, 3.05) is 4.90 Å². The van der Waals surface area contributed by atoms with E-state index in [1.165, 1.54) is 18.4 Å². The van der Waals surface area contributed by atoms with E-state index >= 15 is 0 Å². The van der Waals surface area contributed by atoms with Crippen molar-refractivity contribution >= 4 is 11.6 Å². The second-order valence-electron chi connectivity index (χ2n) is 5.95. The van der Waals surface area contributed by atoms with Gasteiger partial charge in [-0.2, -0.15) is 0 Å². The molecule has 1 amide bonds. The van der Waals surface area contributed by atoms with E-state index in [1.54, 1.807) is 0 Å². The number of carbonyl (C=O) groups excluding carboxylic acids is 1. The first kappa shape index (κ1) is 13.9. The Hall–Kier alpha value is -2.09. The summed E-state index contributed by atoms with van der Waals surface area (Å²) in [7, 11) is 0. The van der Waals surface area contributed by atoms with Crippen molar-refractivity contribution in [3.63, 3.8) is 0 Å². The third-order valence-corrected chi connectivity index (χ3v) is 4.26. The third-order valence-electron chi connectivity index (χ3n) is 4.26. The van der Waals surface area contributed by atoms with Gasteiger partial charge in [-0.05, 0) is 56.9 Å². The highest BCUT2D eigenvalue weighted by atomic mass is 16.2. The number of carbonyl (C=O) groups is 1. The van der Waals surface area contributed by atoms with Gasteiger partial charge in [-0.3, -0.25) is 4.79 Å². The molecule has 0 radical (unpaired) electrons. The molecule has 0 aromatic heterocycles. The fourth-order valence-corrected chi connectivity index (χ4v) is 2.75. The Balaban J connectivity index is 1.94. The number of hydrogen-bond donors (Lipinski definition) is 0. The summed E-state index contributed by atoms with van der Waals surface area (Å²) in [5, 5.41) is 0. The second-order valence-corrected chi connectivity index (χ2v) is 5.95. The van der Waals surface area contributed by atoms with Crippen LogP contribution in [0, 0.1) is 12.8 Å². The Kier molecular flexibility index (Phi) is 3.78. The smallest absolute Gasteiger partial charge is 0.258 e. The number of nitrogens with zero attached hydrogens (tertiary/aromatic N) is 1. The normalized spacial score (nSPS) is 15.5. The molecule has 1 aliphatic carbocycles. The van der Waals surface area contributed by atoms with E-state index in [-0.39, 0.29) is 11.9 Å². The highest BCUT2D eigenvalue weighted by molar-refractivity contribution is 6.06. The quantitative estimate of drug-likeness (QED) is 0.810. The van der Waals surface area contributed by atoms with Crippen LogP contribution in [0.2, 0.25) is 0 Å². The van der Waals surface area contributed by atoms with Crippen LogP contribution in [-0.2, 0) is 0 Å². The average Bonchev–Trinajstić information content (AvgIpc) is 3.34. The van der Waals surface area contributed by atoms with Crippen LogP contribution >= 0.6 is 0 Å². The van der Waals surface area contributed by atoms with Crippen LogP contribution in [0.4, 0.5) is 5.69 Å². The topological polar surface area (TPSA) is 20.3 Å². The zero-order valence-electron chi connectivity index (χ0n) is 12.6. The molecule has 2 nitrogen and oxygen atoms in total. The van der Waals surface area contributed by atoms with Crippen molar-refractivity contribution < 1.29 is 4.79 Å². The number of amides is 1. The van der Waals surface area contributed by atoms with Gasteiger partial charge in [-0.1, -0.05) is 35.9 Å². The molecular formula is C19H21NO. The van der Waals surface area contributed by atoms with Crippen LogP contribution in [0.1, 0.15) is 35.7 Å². The van der Waals surface area contributed by atoms with Crippen LogP contribution < -0.4 is 4.90 Å². The predicted octanol–water partition coefficient (Wildman–Crippen LogP) is 4.44. The molecule has 0 bridgehead atoms. The molecule has 1 atom stereocenters. The maximum absolute atomic E-state index is 13.0. The van der Waals surface area contributed by atoms with Crippen LogP contribution in [0.15, 0.2) is 54.6 Å². The number of rotatable bonds is 4. The summed E-state index contributed by atoms with van der Waals surface area (Å²) < 4.78 is 0. The highest BCUT2D eigenvalue weighted by Gasteiger charge is 2.35. The molecule has 3 rings (SSSR count). The molecule has 0 saturated heterocycles. The summed E-state index contributed by atoms with van der Waals surface area (Å²) in [6.45, 7) is 4.20. The van der Waals surface area contributed by atoms with Gasteiger partial charge in [0.15, 0.2) is 0 Å². The molecule has 0 aliphatic heterocycles. The summed E-state index contributed by atoms with van der Waals surface area (Å²) in [6, 6.07) is 18.1. The van der Waals surface area contributed by atoms with Crippen molar-refractivity contribution in [3.05, 3.63) is 65.7 Å². The lowest BCUT2D eigenvalue weighted by Gasteiger charge is -2.29.